The highest BCUT2D eigenvalue weighted by Crippen LogP contribution is 2.49. The highest BCUT2D eigenvalue weighted by Gasteiger charge is 2.48. The van der Waals surface area contributed by atoms with Gasteiger partial charge in [0.25, 0.3) is 0 Å². The Morgan fingerprint density at radius 1 is 1.47 bits per heavy atom. The summed E-state index contributed by atoms with van der Waals surface area (Å²) in [7, 11) is 0. The van der Waals surface area contributed by atoms with E-state index in [1.807, 2.05) is 20.8 Å². The summed E-state index contributed by atoms with van der Waals surface area (Å²) in [4.78, 5) is 11.8. The van der Waals surface area contributed by atoms with Crippen LogP contribution in [0.2, 0.25) is 0 Å². The molecule has 2 rings (SSSR count). The lowest BCUT2D eigenvalue weighted by Crippen LogP contribution is -2.39. The van der Waals surface area contributed by atoms with Crippen LogP contribution < -0.4 is 5.32 Å². The van der Waals surface area contributed by atoms with E-state index in [0.717, 1.165) is 32.5 Å². The Labute approximate surface area is 116 Å². The van der Waals surface area contributed by atoms with Crippen molar-refractivity contribution in [3.8, 4) is 0 Å². The fraction of sp³-hybridized carbons (Fsp3) is 0.933. The number of hydrogen-bond acceptors (Lipinski definition) is 3. The van der Waals surface area contributed by atoms with E-state index >= 15 is 0 Å². The lowest BCUT2D eigenvalue weighted by molar-refractivity contribution is 0.0499. The number of nitrogens with one attached hydrogen (secondary N) is 1. The standard InChI is InChI=1S/C15H27NO3/c1-5-11-9-18-10-15(11)7-6-12(8-15)16-13(17)19-14(2,3)4/h11-12H,5-10H2,1-4H3,(H,16,17). The van der Waals surface area contributed by atoms with E-state index in [-0.39, 0.29) is 12.1 Å². The molecule has 1 aliphatic carbocycles. The third-order valence-electron chi connectivity index (χ3n) is 4.43. The zero-order valence-corrected chi connectivity index (χ0v) is 12.6. The van der Waals surface area contributed by atoms with Crippen LogP contribution >= 0.6 is 0 Å². The van der Waals surface area contributed by atoms with Crippen LogP contribution in [0.15, 0.2) is 0 Å². The van der Waals surface area contributed by atoms with Crippen molar-refractivity contribution in [2.24, 2.45) is 11.3 Å². The lowest BCUT2D eigenvalue weighted by Gasteiger charge is -2.28. The smallest absolute Gasteiger partial charge is 0.407 e. The van der Waals surface area contributed by atoms with E-state index in [0.29, 0.717) is 11.3 Å². The first-order valence-electron chi connectivity index (χ1n) is 7.42. The van der Waals surface area contributed by atoms with E-state index in [1.54, 1.807) is 0 Å². The van der Waals surface area contributed by atoms with Crippen LogP contribution in [0.5, 0.6) is 0 Å². The molecule has 110 valence electrons. The second kappa shape index (κ2) is 5.31. The summed E-state index contributed by atoms with van der Waals surface area (Å²) in [6.45, 7) is 9.64. The van der Waals surface area contributed by atoms with Gasteiger partial charge in [-0.15, -0.1) is 0 Å². The van der Waals surface area contributed by atoms with E-state index in [9.17, 15) is 4.79 Å². The van der Waals surface area contributed by atoms with Gasteiger partial charge in [-0.2, -0.15) is 0 Å². The maximum atomic E-state index is 11.8. The van der Waals surface area contributed by atoms with Crippen LogP contribution in [-0.4, -0.2) is 30.9 Å². The van der Waals surface area contributed by atoms with Gasteiger partial charge in [0.2, 0.25) is 0 Å². The Kier molecular flexibility index (Phi) is 4.09. The number of hydrogen-bond donors (Lipinski definition) is 1. The van der Waals surface area contributed by atoms with E-state index < -0.39 is 5.60 Å². The molecule has 4 nitrogen and oxygen atoms in total. The topological polar surface area (TPSA) is 47.6 Å². The Morgan fingerprint density at radius 2 is 2.21 bits per heavy atom. The number of carbonyl (C=O) groups is 1. The average Bonchev–Trinajstić information content (AvgIpc) is 2.84. The quantitative estimate of drug-likeness (QED) is 0.838. The molecule has 0 aromatic heterocycles. The second-order valence-corrected chi connectivity index (χ2v) is 7.07. The molecule has 1 amide bonds. The molecule has 3 atom stereocenters. The minimum absolute atomic E-state index is 0.241. The average molecular weight is 269 g/mol. The van der Waals surface area contributed by atoms with Gasteiger partial charge in [-0.25, -0.2) is 4.79 Å². The van der Waals surface area contributed by atoms with Gasteiger partial charge in [-0.05, 0) is 46.0 Å². The van der Waals surface area contributed by atoms with Gasteiger partial charge in [-0.3, -0.25) is 0 Å². The van der Waals surface area contributed by atoms with Crippen molar-refractivity contribution >= 4 is 6.09 Å². The van der Waals surface area contributed by atoms with Gasteiger partial charge in [0, 0.05) is 11.5 Å². The van der Waals surface area contributed by atoms with Crippen LogP contribution in [-0.2, 0) is 9.47 Å². The van der Waals surface area contributed by atoms with Crippen LogP contribution in [0.1, 0.15) is 53.4 Å². The van der Waals surface area contributed by atoms with Crippen LogP contribution in [0.4, 0.5) is 4.79 Å². The minimum atomic E-state index is -0.428. The fourth-order valence-electron chi connectivity index (χ4n) is 3.51. The van der Waals surface area contributed by atoms with E-state index in [1.165, 1.54) is 6.42 Å². The Bertz CT molecular complexity index is 337. The molecule has 1 spiro atoms. The van der Waals surface area contributed by atoms with Crippen LogP contribution in [0.25, 0.3) is 0 Å². The lowest BCUT2D eigenvalue weighted by atomic mass is 9.75. The van der Waals surface area contributed by atoms with Crippen molar-refractivity contribution in [3.05, 3.63) is 0 Å². The van der Waals surface area contributed by atoms with E-state index in [4.69, 9.17) is 9.47 Å². The van der Waals surface area contributed by atoms with Gasteiger partial charge in [0.15, 0.2) is 0 Å². The summed E-state index contributed by atoms with van der Waals surface area (Å²) in [5.41, 5.74) is -0.128. The summed E-state index contributed by atoms with van der Waals surface area (Å²) in [5, 5.41) is 3.01. The third kappa shape index (κ3) is 3.41. The normalized spacial score (nSPS) is 34.7. The maximum absolute atomic E-state index is 11.8. The summed E-state index contributed by atoms with van der Waals surface area (Å²) < 4.78 is 11.0. The highest BCUT2D eigenvalue weighted by atomic mass is 16.6. The van der Waals surface area contributed by atoms with Crippen molar-refractivity contribution in [3.63, 3.8) is 0 Å². The first-order valence-corrected chi connectivity index (χ1v) is 7.42. The molecule has 2 fully saturated rings. The molecule has 1 aliphatic heterocycles. The molecule has 0 aromatic rings. The number of ether oxygens (including phenoxy) is 2. The number of carbonyl (C=O) groups excluding carboxylic acids is 1. The summed E-state index contributed by atoms with van der Waals surface area (Å²) in [6, 6.07) is 0.241. The van der Waals surface area contributed by atoms with Crippen molar-refractivity contribution in [2.75, 3.05) is 13.2 Å². The summed E-state index contributed by atoms with van der Waals surface area (Å²) in [5.74, 6) is 0.651. The third-order valence-corrected chi connectivity index (χ3v) is 4.43. The number of amides is 1. The van der Waals surface area contributed by atoms with Crippen LogP contribution in [0.3, 0.4) is 0 Å². The van der Waals surface area contributed by atoms with Crippen molar-refractivity contribution in [1.29, 1.82) is 0 Å². The molecule has 1 N–H and O–H groups in total. The molecule has 3 unspecified atom stereocenters. The Morgan fingerprint density at radius 3 is 2.84 bits per heavy atom. The minimum Gasteiger partial charge on any atom is -0.444 e. The molecule has 0 aromatic carbocycles. The van der Waals surface area contributed by atoms with Gasteiger partial charge in [0.1, 0.15) is 5.60 Å². The fourth-order valence-corrected chi connectivity index (χ4v) is 3.51. The molecular formula is C15H27NO3. The molecule has 1 heterocycles. The molecule has 19 heavy (non-hydrogen) atoms. The monoisotopic (exact) mass is 269 g/mol. The Hall–Kier alpha value is -0.770. The second-order valence-electron chi connectivity index (χ2n) is 7.07. The van der Waals surface area contributed by atoms with Crippen molar-refractivity contribution in [2.45, 2.75) is 65.0 Å². The molecule has 0 radical (unpaired) electrons. The van der Waals surface area contributed by atoms with Gasteiger partial charge < -0.3 is 14.8 Å². The molecule has 0 bridgehead atoms. The molecule has 4 heteroatoms. The predicted octanol–water partition coefficient (Wildman–Crippen LogP) is 3.11. The summed E-state index contributed by atoms with van der Waals surface area (Å²) >= 11 is 0. The molecule has 1 saturated carbocycles. The first-order chi connectivity index (χ1) is 8.85. The predicted molar refractivity (Wildman–Crippen MR) is 74.0 cm³/mol. The largest absolute Gasteiger partial charge is 0.444 e. The number of rotatable bonds is 2. The SMILES string of the molecule is CCC1COCC12CCC(NC(=O)OC(C)(C)C)C2. The zero-order valence-electron chi connectivity index (χ0n) is 12.6. The van der Waals surface area contributed by atoms with E-state index in [2.05, 4.69) is 12.2 Å². The first kappa shape index (κ1) is 14.6. The van der Waals surface area contributed by atoms with Gasteiger partial charge in [-0.1, -0.05) is 13.3 Å². The van der Waals surface area contributed by atoms with Crippen LogP contribution in [0, 0.1) is 11.3 Å². The molecular weight excluding hydrogens is 242 g/mol. The molecule has 1 saturated heterocycles. The zero-order chi connectivity index (χ0) is 14.1. The number of alkyl carbamates (subject to hydrolysis) is 1. The van der Waals surface area contributed by atoms with Gasteiger partial charge in [0.05, 0.1) is 13.2 Å². The Balaban J connectivity index is 1.87. The maximum Gasteiger partial charge on any atom is 0.407 e. The van der Waals surface area contributed by atoms with Gasteiger partial charge >= 0.3 is 6.09 Å². The van der Waals surface area contributed by atoms with Crippen molar-refractivity contribution in [1.82, 2.24) is 5.32 Å². The molecule has 2 aliphatic rings. The van der Waals surface area contributed by atoms with Crippen molar-refractivity contribution < 1.29 is 14.3 Å². The summed E-state index contributed by atoms with van der Waals surface area (Å²) in [6.07, 6.45) is 4.11. The highest BCUT2D eigenvalue weighted by molar-refractivity contribution is 5.68.